The molecule has 0 radical (unpaired) electrons. The lowest BCUT2D eigenvalue weighted by molar-refractivity contribution is 0.0944. The maximum Gasteiger partial charge on any atom is 0.255 e. The van der Waals surface area contributed by atoms with Gasteiger partial charge in [-0.05, 0) is 43.7 Å². The molecule has 0 unspecified atom stereocenters. The van der Waals surface area contributed by atoms with Crippen LogP contribution in [0.25, 0.3) is 22.6 Å². The number of nitrogens with one attached hydrogen (secondary N) is 1. The van der Waals surface area contributed by atoms with Crippen LogP contribution in [0.5, 0.6) is 0 Å². The summed E-state index contributed by atoms with van der Waals surface area (Å²) in [6.07, 6.45) is 0. The number of hydrogen-bond acceptors (Lipinski definition) is 3. The van der Waals surface area contributed by atoms with Crippen molar-refractivity contribution >= 4 is 32.9 Å². The monoisotopic (exact) mass is 372 g/mol. The van der Waals surface area contributed by atoms with Crippen LogP contribution in [0.15, 0.2) is 46.9 Å². The first-order chi connectivity index (χ1) is 11.1. The van der Waals surface area contributed by atoms with Crippen LogP contribution in [0, 0.1) is 0 Å². The molecule has 0 saturated carbocycles. The smallest absolute Gasteiger partial charge is 0.255 e. The topological polar surface area (TPSA) is 55.1 Å². The number of nitrogens with zero attached hydrogens (tertiary/aromatic N) is 1. The maximum atomic E-state index is 12.3. The third-order valence-corrected chi connectivity index (χ3v) is 4.08. The van der Waals surface area contributed by atoms with Gasteiger partial charge >= 0.3 is 0 Å². The van der Waals surface area contributed by atoms with Gasteiger partial charge in [-0.25, -0.2) is 4.98 Å². The van der Waals surface area contributed by atoms with Crippen molar-refractivity contribution in [3.05, 3.63) is 53.6 Å². The Hall–Kier alpha value is -2.14. The van der Waals surface area contributed by atoms with Crippen molar-refractivity contribution in [3.8, 4) is 11.5 Å². The van der Waals surface area contributed by atoms with E-state index in [1.807, 2.05) is 50.2 Å². The molecule has 1 N–H and O–H groups in total. The van der Waals surface area contributed by atoms with Crippen LogP contribution in [0.2, 0.25) is 0 Å². The van der Waals surface area contributed by atoms with Crippen molar-refractivity contribution in [3.63, 3.8) is 0 Å². The first-order valence-corrected chi connectivity index (χ1v) is 8.56. The third-order valence-electron chi connectivity index (χ3n) is 3.43. The molecule has 3 rings (SSSR count). The van der Waals surface area contributed by atoms with Crippen LogP contribution >= 0.6 is 15.9 Å². The van der Waals surface area contributed by atoms with E-state index in [9.17, 15) is 4.79 Å². The zero-order valence-corrected chi connectivity index (χ0v) is 14.6. The molecule has 0 aliphatic rings. The van der Waals surface area contributed by atoms with Crippen LogP contribution in [-0.4, -0.2) is 16.9 Å². The predicted molar refractivity (Wildman–Crippen MR) is 94.7 cm³/mol. The zero-order chi connectivity index (χ0) is 16.4. The highest BCUT2D eigenvalue weighted by Crippen LogP contribution is 2.27. The molecule has 0 saturated heterocycles. The summed E-state index contributed by atoms with van der Waals surface area (Å²) in [4.78, 5) is 16.8. The van der Waals surface area contributed by atoms with Crippen molar-refractivity contribution in [2.24, 2.45) is 0 Å². The van der Waals surface area contributed by atoms with E-state index in [1.54, 1.807) is 6.07 Å². The molecule has 0 aliphatic heterocycles. The average Bonchev–Trinajstić information content (AvgIpc) is 2.98. The highest BCUT2D eigenvalue weighted by atomic mass is 79.9. The molecule has 23 heavy (non-hydrogen) atoms. The molecule has 1 heterocycles. The number of hydrogen-bond donors (Lipinski definition) is 1. The van der Waals surface area contributed by atoms with Gasteiger partial charge in [0.1, 0.15) is 5.52 Å². The first-order valence-electron chi connectivity index (χ1n) is 7.44. The fraction of sp³-hybridized carbons (Fsp3) is 0.222. The van der Waals surface area contributed by atoms with E-state index >= 15 is 0 Å². The van der Waals surface area contributed by atoms with Crippen molar-refractivity contribution in [2.75, 3.05) is 0 Å². The quantitative estimate of drug-likeness (QED) is 0.684. The standard InChI is InChI=1S/C18H17BrN2O2/c1-11(2)20-17(22)14-4-3-5-15-16(14)23-18(21-15)13-8-6-12(10-19)7-9-13/h3-9,11H,10H2,1-2H3,(H,20,22). The number of amides is 1. The van der Waals surface area contributed by atoms with Gasteiger partial charge in [0.05, 0.1) is 5.56 Å². The normalized spacial score (nSPS) is 11.1. The lowest BCUT2D eigenvalue weighted by Crippen LogP contribution is -2.30. The van der Waals surface area contributed by atoms with Gasteiger partial charge in [-0.15, -0.1) is 0 Å². The summed E-state index contributed by atoms with van der Waals surface area (Å²) in [6.45, 7) is 3.85. The summed E-state index contributed by atoms with van der Waals surface area (Å²) in [5.41, 5.74) is 3.78. The minimum absolute atomic E-state index is 0.0666. The molecule has 2 aromatic carbocycles. The molecule has 1 aromatic heterocycles. The summed E-state index contributed by atoms with van der Waals surface area (Å²) in [6, 6.07) is 13.5. The van der Waals surface area contributed by atoms with Gasteiger partial charge in [-0.1, -0.05) is 34.1 Å². The number of oxazole rings is 1. The molecular weight excluding hydrogens is 356 g/mol. The number of carbonyl (C=O) groups is 1. The average molecular weight is 373 g/mol. The number of fused-ring (bicyclic) bond motifs is 1. The van der Waals surface area contributed by atoms with E-state index in [2.05, 4.69) is 26.2 Å². The zero-order valence-electron chi connectivity index (χ0n) is 13.0. The number of rotatable bonds is 4. The molecule has 0 atom stereocenters. The number of para-hydroxylation sites is 1. The van der Waals surface area contributed by atoms with E-state index in [-0.39, 0.29) is 11.9 Å². The number of halogens is 1. The Morgan fingerprint density at radius 3 is 2.61 bits per heavy atom. The van der Waals surface area contributed by atoms with Crippen molar-refractivity contribution in [2.45, 2.75) is 25.2 Å². The molecule has 0 fully saturated rings. The molecular formula is C18H17BrN2O2. The Balaban J connectivity index is 2.02. The van der Waals surface area contributed by atoms with Gasteiger partial charge in [0, 0.05) is 16.9 Å². The lowest BCUT2D eigenvalue weighted by atomic mass is 10.1. The van der Waals surface area contributed by atoms with Crippen molar-refractivity contribution in [1.29, 1.82) is 0 Å². The molecule has 0 spiro atoms. The Bertz CT molecular complexity index is 838. The van der Waals surface area contributed by atoms with E-state index in [0.29, 0.717) is 22.6 Å². The molecule has 5 heteroatoms. The molecule has 118 valence electrons. The van der Waals surface area contributed by atoms with Crippen LogP contribution in [-0.2, 0) is 5.33 Å². The van der Waals surface area contributed by atoms with Gasteiger partial charge in [0.25, 0.3) is 5.91 Å². The van der Waals surface area contributed by atoms with Gasteiger partial charge in [-0.3, -0.25) is 4.79 Å². The van der Waals surface area contributed by atoms with Crippen molar-refractivity contribution in [1.82, 2.24) is 10.3 Å². The number of aromatic nitrogens is 1. The summed E-state index contributed by atoms with van der Waals surface area (Å²) >= 11 is 3.43. The molecule has 0 aliphatic carbocycles. The second-order valence-corrected chi connectivity index (χ2v) is 6.19. The minimum atomic E-state index is -0.150. The third kappa shape index (κ3) is 3.29. The summed E-state index contributed by atoms with van der Waals surface area (Å²) < 4.78 is 5.88. The Morgan fingerprint density at radius 2 is 1.96 bits per heavy atom. The SMILES string of the molecule is CC(C)NC(=O)c1cccc2nc(-c3ccc(CBr)cc3)oc12. The van der Waals surface area contributed by atoms with Gasteiger partial charge < -0.3 is 9.73 Å². The molecule has 1 amide bonds. The van der Waals surface area contributed by atoms with Crippen LogP contribution in [0.1, 0.15) is 29.8 Å². The van der Waals surface area contributed by atoms with Gasteiger partial charge in [0.15, 0.2) is 5.58 Å². The van der Waals surface area contributed by atoms with Crippen LogP contribution in [0.4, 0.5) is 0 Å². The summed E-state index contributed by atoms with van der Waals surface area (Å²) in [5.74, 6) is 0.369. The second-order valence-electron chi connectivity index (χ2n) is 5.63. The predicted octanol–water partition coefficient (Wildman–Crippen LogP) is 4.53. The van der Waals surface area contributed by atoms with Gasteiger partial charge in [-0.2, -0.15) is 0 Å². The largest absolute Gasteiger partial charge is 0.435 e. The lowest BCUT2D eigenvalue weighted by Gasteiger charge is -2.07. The maximum absolute atomic E-state index is 12.3. The Kier molecular flexibility index (Phi) is 4.48. The molecule has 0 bridgehead atoms. The van der Waals surface area contributed by atoms with E-state index < -0.39 is 0 Å². The van der Waals surface area contributed by atoms with E-state index in [1.165, 1.54) is 5.56 Å². The molecule has 3 aromatic rings. The van der Waals surface area contributed by atoms with E-state index in [4.69, 9.17) is 4.42 Å². The number of benzene rings is 2. The first kappa shape index (κ1) is 15.7. The number of carbonyl (C=O) groups excluding carboxylic acids is 1. The Labute approximate surface area is 143 Å². The highest BCUT2D eigenvalue weighted by molar-refractivity contribution is 9.08. The van der Waals surface area contributed by atoms with Crippen molar-refractivity contribution < 1.29 is 9.21 Å². The van der Waals surface area contributed by atoms with Crippen LogP contribution < -0.4 is 5.32 Å². The Morgan fingerprint density at radius 1 is 1.22 bits per heavy atom. The van der Waals surface area contributed by atoms with E-state index in [0.717, 1.165) is 10.9 Å². The van der Waals surface area contributed by atoms with Crippen LogP contribution in [0.3, 0.4) is 0 Å². The minimum Gasteiger partial charge on any atom is -0.435 e. The fourth-order valence-electron chi connectivity index (χ4n) is 2.33. The molecule has 4 nitrogen and oxygen atoms in total. The summed E-state index contributed by atoms with van der Waals surface area (Å²) in [5, 5.41) is 3.69. The number of alkyl halides is 1. The fourth-order valence-corrected chi connectivity index (χ4v) is 2.70. The highest BCUT2D eigenvalue weighted by Gasteiger charge is 2.16. The van der Waals surface area contributed by atoms with Gasteiger partial charge in [0.2, 0.25) is 5.89 Å². The summed E-state index contributed by atoms with van der Waals surface area (Å²) in [7, 11) is 0. The second kappa shape index (κ2) is 6.54.